The van der Waals surface area contributed by atoms with Gasteiger partial charge in [0.2, 0.25) is 0 Å². The number of aliphatic hydroxyl groups excluding tert-OH is 7. The second-order valence-electron chi connectivity index (χ2n) is 5.80. The van der Waals surface area contributed by atoms with Gasteiger partial charge in [-0.15, -0.1) is 0 Å². The van der Waals surface area contributed by atoms with Crippen LogP contribution < -0.4 is 0 Å². The molecule has 10 heteroatoms. The molecule has 0 saturated carbocycles. The summed E-state index contributed by atoms with van der Waals surface area (Å²) in [5, 5.41) is 67.8. The van der Waals surface area contributed by atoms with Crippen LogP contribution >= 0.6 is 15.9 Å². The molecule has 1 heterocycles. The SMILES string of the molecule is CC(C)OC1O[C@H]([C@@H](O)[C@@H](O)[C@H](O)[C@H](O)CO)[C@@H](O)[C@H](O)[C@@H]1Br. The van der Waals surface area contributed by atoms with Crippen LogP contribution in [-0.4, -0.2) is 102 Å². The second kappa shape index (κ2) is 8.99. The predicted molar refractivity (Wildman–Crippen MR) is 80.7 cm³/mol. The van der Waals surface area contributed by atoms with Crippen molar-refractivity contribution in [1.82, 2.24) is 0 Å². The average Bonchev–Trinajstić information content (AvgIpc) is 2.52. The lowest BCUT2D eigenvalue weighted by Crippen LogP contribution is -2.63. The zero-order valence-electron chi connectivity index (χ0n) is 12.8. The molecule has 0 aromatic carbocycles. The van der Waals surface area contributed by atoms with E-state index in [2.05, 4.69) is 15.9 Å². The lowest BCUT2D eigenvalue weighted by atomic mass is 9.91. The molecule has 1 saturated heterocycles. The van der Waals surface area contributed by atoms with E-state index in [9.17, 15) is 30.6 Å². The first-order valence-corrected chi connectivity index (χ1v) is 8.17. The van der Waals surface area contributed by atoms with E-state index in [0.717, 1.165) is 0 Å². The molecular weight excluding hydrogens is 380 g/mol. The summed E-state index contributed by atoms with van der Waals surface area (Å²) in [7, 11) is 0. The van der Waals surface area contributed by atoms with Crippen molar-refractivity contribution in [3.63, 3.8) is 0 Å². The first-order chi connectivity index (χ1) is 10.6. The Morgan fingerprint density at radius 2 is 1.61 bits per heavy atom. The number of alkyl halides is 1. The minimum atomic E-state index is -1.92. The topological polar surface area (TPSA) is 160 Å². The zero-order chi connectivity index (χ0) is 17.9. The molecule has 1 unspecified atom stereocenters. The molecule has 0 aromatic heterocycles. The number of hydrogen-bond donors (Lipinski definition) is 7. The Morgan fingerprint density at radius 1 is 1.04 bits per heavy atom. The Balaban J connectivity index is 2.86. The van der Waals surface area contributed by atoms with Crippen molar-refractivity contribution in [1.29, 1.82) is 0 Å². The number of ether oxygens (including phenoxy) is 2. The normalized spacial score (nSPS) is 37.4. The third-order valence-corrected chi connectivity index (χ3v) is 4.56. The van der Waals surface area contributed by atoms with Gasteiger partial charge in [-0.05, 0) is 13.8 Å². The minimum Gasteiger partial charge on any atom is -0.394 e. The van der Waals surface area contributed by atoms with Crippen LogP contribution in [-0.2, 0) is 9.47 Å². The summed E-state index contributed by atoms with van der Waals surface area (Å²) in [6, 6.07) is 0. The molecule has 9 nitrogen and oxygen atoms in total. The molecule has 0 bridgehead atoms. The van der Waals surface area contributed by atoms with Crippen molar-refractivity contribution in [2.24, 2.45) is 0 Å². The van der Waals surface area contributed by atoms with Crippen LogP contribution in [0.1, 0.15) is 13.8 Å². The summed E-state index contributed by atoms with van der Waals surface area (Å²) in [5.41, 5.74) is 0. The van der Waals surface area contributed by atoms with Crippen LogP contribution in [0.2, 0.25) is 0 Å². The van der Waals surface area contributed by atoms with E-state index in [1.807, 2.05) is 0 Å². The first-order valence-electron chi connectivity index (χ1n) is 7.26. The van der Waals surface area contributed by atoms with Crippen molar-refractivity contribution >= 4 is 15.9 Å². The van der Waals surface area contributed by atoms with Crippen LogP contribution in [0.25, 0.3) is 0 Å². The maximum Gasteiger partial charge on any atom is 0.173 e. The third kappa shape index (κ3) is 5.05. The van der Waals surface area contributed by atoms with Crippen LogP contribution in [0.5, 0.6) is 0 Å². The van der Waals surface area contributed by atoms with Crippen LogP contribution in [0.15, 0.2) is 0 Å². The lowest BCUT2D eigenvalue weighted by molar-refractivity contribution is -0.284. The highest BCUT2D eigenvalue weighted by Crippen LogP contribution is 2.30. The monoisotopic (exact) mass is 404 g/mol. The van der Waals surface area contributed by atoms with Gasteiger partial charge in [-0.3, -0.25) is 0 Å². The molecule has 1 fully saturated rings. The van der Waals surface area contributed by atoms with Gasteiger partial charge in [-0.1, -0.05) is 15.9 Å². The van der Waals surface area contributed by atoms with Gasteiger partial charge < -0.3 is 45.2 Å². The van der Waals surface area contributed by atoms with Gasteiger partial charge in [0.25, 0.3) is 0 Å². The summed E-state index contributed by atoms with van der Waals surface area (Å²) in [6.07, 6.45) is -13.0. The van der Waals surface area contributed by atoms with E-state index in [4.69, 9.17) is 14.6 Å². The van der Waals surface area contributed by atoms with E-state index < -0.39 is 60.5 Å². The summed E-state index contributed by atoms with van der Waals surface area (Å²) in [6.45, 7) is 2.62. The van der Waals surface area contributed by atoms with E-state index >= 15 is 0 Å². The fraction of sp³-hybridized carbons (Fsp3) is 1.00. The standard InChI is InChI=1S/C13H25BrO9/c1-4(2)22-13-6(14)8(18)10(20)12(23-13)11(21)9(19)7(17)5(16)3-15/h4-13,15-21H,3H2,1-2H3/t5-,6+,7-,8-,9+,10+,11+,12+,13?/m1/s1. The Bertz CT molecular complexity index is 358. The van der Waals surface area contributed by atoms with Gasteiger partial charge in [0.05, 0.1) is 23.6 Å². The quantitative estimate of drug-likeness (QED) is 0.220. The molecule has 7 N–H and O–H groups in total. The highest BCUT2D eigenvalue weighted by Gasteiger charge is 2.49. The Morgan fingerprint density at radius 3 is 2.09 bits per heavy atom. The van der Waals surface area contributed by atoms with Crippen molar-refractivity contribution in [3.8, 4) is 0 Å². The van der Waals surface area contributed by atoms with Gasteiger partial charge in [0.1, 0.15) is 36.6 Å². The van der Waals surface area contributed by atoms with Crippen molar-refractivity contribution in [3.05, 3.63) is 0 Å². The van der Waals surface area contributed by atoms with Crippen LogP contribution in [0.4, 0.5) is 0 Å². The lowest BCUT2D eigenvalue weighted by Gasteiger charge is -2.43. The van der Waals surface area contributed by atoms with Gasteiger partial charge in [0, 0.05) is 0 Å². The molecule has 1 aliphatic rings. The van der Waals surface area contributed by atoms with E-state index in [-0.39, 0.29) is 6.10 Å². The summed E-state index contributed by atoms with van der Waals surface area (Å²) in [4.78, 5) is -0.770. The highest BCUT2D eigenvalue weighted by atomic mass is 79.9. The molecule has 138 valence electrons. The molecule has 1 aliphatic heterocycles. The first kappa shape index (κ1) is 21.2. The van der Waals surface area contributed by atoms with Crippen molar-refractivity contribution < 1.29 is 45.2 Å². The summed E-state index contributed by atoms with van der Waals surface area (Å²) < 4.78 is 10.8. The molecule has 23 heavy (non-hydrogen) atoms. The number of halogens is 1. The maximum absolute atomic E-state index is 10.1. The predicted octanol–water partition coefficient (Wildman–Crippen LogP) is -2.94. The van der Waals surface area contributed by atoms with E-state index in [0.29, 0.717) is 0 Å². The molecule has 1 rings (SSSR count). The molecule has 0 aliphatic carbocycles. The van der Waals surface area contributed by atoms with Crippen LogP contribution in [0, 0.1) is 0 Å². The molecule has 0 aromatic rings. The maximum atomic E-state index is 10.1. The van der Waals surface area contributed by atoms with E-state index in [1.54, 1.807) is 13.8 Å². The molecular formula is C13H25BrO9. The average molecular weight is 405 g/mol. The molecule has 0 radical (unpaired) electrons. The highest BCUT2D eigenvalue weighted by molar-refractivity contribution is 9.09. The largest absolute Gasteiger partial charge is 0.394 e. The Labute approximate surface area is 142 Å². The smallest absolute Gasteiger partial charge is 0.173 e. The third-order valence-electron chi connectivity index (χ3n) is 3.59. The fourth-order valence-corrected chi connectivity index (χ4v) is 2.81. The van der Waals surface area contributed by atoms with Gasteiger partial charge >= 0.3 is 0 Å². The second-order valence-corrected chi connectivity index (χ2v) is 6.86. The number of hydrogen-bond acceptors (Lipinski definition) is 9. The van der Waals surface area contributed by atoms with Crippen LogP contribution in [0.3, 0.4) is 0 Å². The van der Waals surface area contributed by atoms with Crippen molar-refractivity contribution in [2.45, 2.75) is 73.8 Å². The molecule has 0 spiro atoms. The Kier molecular flexibility index (Phi) is 8.28. The minimum absolute atomic E-state index is 0.271. The van der Waals surface area contributed by atoms with E-state index in [1.165, 1.54) is 0 Å². The van der Waals surface area contributed by atoms with Crippen molar-refractivity contribution in [2.75, 3.05) is 6.61 Å². The summed E-state index contributed by atoms with van der Waals surface area (Å²) in [5.74, 6) is 0. The molecule has 9 atom stereocenters. The zero-order valence-corrected chi connectivity index (χ0v) is 14.4. The number of rotatable bonds is 7. The molecule has 0 amide bonds. The van der Waals surface area contributed by atoms with Gasteiger partial charge in [0.15, 0.2) is 6.29 Å². The van der Waals surface area contributed by atoms with Gasteiger partial charge in [-0.25, -0.2) is 0 Å². The van der Waals surface area contributed by atoms with Gasteiger partial charge in [-0.2, -0.15) is 0 Å². The number of aliphatic hydroxyl groups is 7. The Hall–Kier alpha value is 0.120. The fourth-order valence-electron chi connectivity index (χ4n) is 2.24. The summed E-state index contributed by atoms with van der Waals surface area (Å²) >= 11 is 3.14.